The van der Waals surface area contributed by atoms with Crippen LogP contribution in [-0.4, -0.2) is 34.0 Å². The summed E-state index contributed by atoms with van der Waals surface area (Å²) in [5.41, 5.74) is 7.26. The molecule has 4 N–H and O–H groups in total. The summed E-state index contributed by atoms with van der Waals surface area (Å²) >= 11 is 0. The normalized spacial score (nSPS) is 11.6. The fourth-order valence-electron chi connectivity index (χ4n) is 1.81. The van der Waals surface area contributed by atoms with Gasteiger partial charge in [0.15, 0.2) is 5.84 Å². The summed E-state index contributed by atoms with van der Waals surface area (Å²) in [4.78, 5) is 0. The minimum absolute atomic E-state index is 0.0828. The number of rotatable bonds is 7. The van der Waals surface area contributed by atoms with Crippen LogP contribution in [0.4, 0.5) is 0 Å². The van der Waals surface area contributed by atoms with Gasteiger partial charge in [-0.3, -0.25) is 4.68 Å². The lowest BCUT2D eigenvalue weighted by Gasteiger charge is -2.08. The van der Waals surface area contributed by atoms with E-state index >= 15 is 0 Å². The van der Waals surface area contributed by atoms with Crippen molar-refractivity contribution in [3.05, 3.63) is 47.8 Å². The number of hydrogen-bond donors (Lipinski definition) is 3. The predicted molar refractivity (Wildman–Crippen MR) is 79.4 cm³/mol. The van der Waals surface area contributed by atoms with Crippen molar-refractivity contribution in [2.75, 3.05) is 13.2 Å². The number of aromatic nitrogens is 2. The first-order chi connectivity index (χ1) is 10.2. The van der Waals surface area contributed by atoms with E-state index in [1.165, 1.54) is 0 Å². The van der Waals surface area contributed by atoms with Crippen molar-refractivity contribution >= 4 is 5.84 Å². The average molecular weight is 289 g/mol. The van der Waals surface area contributed by atoms with E-state index in [4.69, 9.17) is 15.7 Å². The molecular weight excluding hydrogens is 270 g/mol. The van der Waals surface area contributed by atoms with Crippen molar-refractivity contribution in [2.24, 2.45) is 17.9 Å². The number of nitrogens with zero attached hydrogens (tertiary/aromatic N) is 3. The van der Waals surface area contributed by atoms with Crippen LogP contribution in [0.3, 0.4) is 0 Å². The Kier molecular flexibility index (Phi) is 5.16. The number of hydrogen-bond acceptors (Lipinski definition) is 5. The second-order valence-corrected chi connectivity index (χ2v) is 4.48. The molecule has 0 aliphatic carbocycles. The summed E-state index contributed by atoms with van der Waals surface area (Å²) in [6.07, 6.45) is 1.77. The van der Waals surface area contributed by atoms with E-state index < -0.39 is 0 Å². The number of nitrogens with one attached hydrogen (secondary N) is 1. The highest BCUT2D eigenvalue weighted by Gasteiger charge is 2.00. The van der Waals surface area contributed by atoms with E-state index in [1.54, 1.807) is 30.5 Å². The molecule has 112 valence electrons. The van der Waals surface area contributed by atoms with Crippen molar-refractivity contribution < 1.29 is 9.94 Å². The Morgan fingerprint density at radius 2 is 2.14 bits per heavy atom. The molecule has 0 amide bonds. The second-order valence-electron chi connectivity index (χ2n) is 4.48. The fourth-order valence-corrected chi connectivity index (χ4v) is 1.81. The molecule has 0 radical (unpaired) electrons. The lowest BCUT2D eigenvalue weighted by molar-refractivity contribution is 0.312. The Bertz CT molecular complexity index is 592. The van der Waals surface area contributed by atoms with Gasteiger partial charge in [0.25, 0.3) is 0 Å². The SMILES string of the molecule is Cn1nccc1CNCCOc1ccc(C(N)=NO)cc1. The van der Waals surface area contributed by atoms with E-state index in [9.17, 15) is 0 Å². The predicted octanol–water partition coefficient (Wildman–Crippen LogP) is 0.683. The van der Waals surface area contributed by atoms with Crippen LogP contribution >= 0.6 is 0 Å². The standard InChI is InChI=1S/C14H19N5O2/c1-19-12(6-7-17-19)10-16-8-9-21-13-4-2-11(3-5-13)14(15)18-20/h2-7,16,20H,8-10H2,1H3,(H2,15,18). The summed E-state index contributed by atoms with van der Waals surface area (Å²) in [6.45, 7) is 2.04. The van der Waals surface area contributed by atoms with E-state index in [-0.39, 0.29) is 5.84 Å². The van der Waals surface area contributed by atoms with Gasteiger partial charge in [0, 0.05) is 31.9 Å². The number of oxime groups is 1. The molecule has 0 spiro atoms. The van der Waals surface area contributed by atoms with E-state index in [2.05, 4.69) is 15.6 Å². The molecule has 1 aromatic carbocycles. The van der Waals surface area contributed by atoms with Gasteiger partial charge < -0.3 is 21.0 Å². The van der Waals surface area contributed by atoms with Gasteiger partial charge in [-0.05, 0) is 30.3 Å². The smallest absolute Gasteiger partial charge is 0.170 e. The maximum atomic E-state index is 8.57. The summed E-state index contributed by atoms with van der Waals surface area (Å²) in [5, 5.41) is 18.9. The molecule has 7 heteroatoms. The molecule has 7 nitrogen and oxygen atoms in total. The molecule has 0 saturated carbocycles. The number of ether oxygens (including phenoxy) is 1. The Morgan fingerprint density at radius 3 is 2.76 bits per heavy atom. The van der Waals surface area contributed by atoms with E-state index in [0.717, 1.165) is 24.5 Å². The van der Waals surface area contributed by atoms with Crippen molar-refractivity contribution in [3.8, 4) is 5.75 Å². The van der Waals surface area contributed by atoms with Crippen LogP contribution in [-0.2, 0) is 13.6 Å². The summed E-state index contributed by atoms with van der Waals surface area (Å²) in [5.74, 6) is 0.825. The minimum Gasteiger partial charge on any atom is -0.492 e. The highest BCUT2D eigenvalue weighted by atomic mass is 16.5. The van der Waals surface area contributed by atoms with Crippen molar-refractivity contribution in [1.82, 2.24) is 15.1 Å². The number of nitrogens with two attached hydrogens (primary N) is 1. The first-order valence-electron chi connectivity index (χ1n) is 6.59. The van der Waals surface area contributed by atoms with Crippen LogP contribution in [0.2, 0.25) is 0 Å². The van der Waals surface area contributed by atoms with Gasteiger partial charge in [-0.2, -0.15) is 5.10 Å². The molecule has 0 aliphatic heterocycles. The third kappa shape index (κ3) is 4.22. The maximum Gasteiger partial charge on any atom is 0.170 e. The highest BCUT2D eigenvalue weighted by molar-refractivity contribution is 5.97. The first-order valence-corrected chi connectivity index (χ1v) is 6.59. The number of benzene rings is 1. The lowest BCUT2D eigenvalue weighted by Crippen LogP contribution is -2.22. The molecule has 0 atom stereocenters. The van der Waals surface area contributed by atoms with Gasteiger partial charge in [-0.25, -0.2) is 0 Å². The number of aryl methyl sites for hydroxylation is 1. The zero-order chi connectivity index (χ0) is 15.1. The van der Waals surface area contributed by atoms with Crippen LogP contribution < -0.4 is 15.8 Å². The van der Waals surface area contributed by atoms with Crippen molar-refractivity contribution in [1.29, 1.82) is 0 Å². The Balaban J connectivity index is 1.70. The van der Waals surface area contributed by atoms with Gasteiger partial charge in [-0.15, -0.1) is 0 Å². The minimum atomic E-state index is 0.0828. The molecule has 0 bridgehead atoms. The van der Waals surface area contributed by atoms with Crippen molar-refractivity contribution in [2.45, 2.75) is 6.54 Å². The van der Waals surface area contributed by atoms with Gasteiger partial charge in [0.1, 0.15) is 12.4 Å². The van der Waals surface area contributed by atoms with Crippen LogP contribution in [0.25, 0.3) is 0 Å². The van der Waals surface area contributed by atoms with Crippen LogP contribution in [0.15, 0.2) is 41.7 Å². The van der Waals surface area contributed by atoms with E-state index in [1.807, 2.05) is 17.8 Å². The summed E-state index contributed by atoms with van der Waals surface area (Å²) in [7, 11) is 1.91. The van der Waals surface area contributed by atoms with Gasteiger partial charge >= 0.3 is 0 Å². The molecule has 2 rings (SSSR count). The Morgan fingerprint density at radius 1 is 1.38 bits per heavy atom. The van der Waals surface area contributed by atoms with Crippen LogP contribution in [0, 0.1) is 0 Å². The first kappa shape index (κ1) is 14.9. The molecule has 0 saturated heterocycles. The van der Waals surface area contributed by atoms with Crippen molar-refractivity contribution in [3.63, 3.8) is 0 Å². The van der Waals surface area contributed by atoms with Crippen LogP contribution in [0.5, 0.6) is 5.75 Å². The van der Waals surface area contributed by atoms with Crippen LogP contribution in [0.1, 0.15) is 11.3 Å². The largest absolute Gasteiger partial charge is 0.492 e. The monoisotopic (exact) mass is 289 g/mol. The zero-order valence-corrected chi connectivity index (χ0v) is 11.9. The molecule has 0 unspecified atom stereocenters. The summed E-state index contributed by atoms with van der Waals surface area (Å²) < 4.78 is 7.43. The topological polar surface area (TPSA) is 97.7 Å². The Hall–Kier alpha value is -2.54. The second kappa shape index (κ2) is 7.30. The van der Waals surface area contributed by atoms with Gasteiger partial charge in [-0.1, -0.05) is 5.16 Å². The lowest BCUT2D eigenvalue weighted by atomic mass is 10.2. The van der Waals surface area contributed by atoms with Gasteiger partial charge in [0.2, 0.25) is 0 Å². The molecule has 0 fully saturated rings. The van der Waals surface area contributed by atoms with Gasteiger partial charge in [0.05, 0.1) is 5.69 Å². The maximum absolute atomic E-state index is 8.57. The number of amidine groups is 1. The Labute approximate surface area is 123 Å². The zero-order valence-electron chi connectivity index (χ0n) is 11.9. The molecule has 1 heterocycles. The molecule has 1 aromatic heterocycles. The molecule has 0 aliphatic rings. The average Bonchev–Trinajstić information content (AvgIpc) is 2.92. The molecular formula is C14H19N5O2. The third-order valence-electron chi connectivity index (χ3n) is 3.03. The molecule has 21 heavy (non-hydrogen) atoms. The summed E-state index contributed by atoms with van der Waals surface area (Å²) in [6, 6.07) is 9.03. The van der Waals surface area contributed by atoms with E-state index in [0.29, 0.717) is 12.2 Å². The fraction of sp³-hybridized carbons (Fsp3) is 0.286. The third-order valence-corrected chi connectivity index (χ3v) is 3.03. The highest BCUT2D eigenvalue weighted by Crippen LogP contribution is 2.11. The molecule has 2 aromatic rings. The quantitative estimate of drug-likeness (QED) is 0.229.